The summed E-state index contributed by atoms with van der Waals surface area (Å²) in [5.41, 5.74) is 1.78. The number of aliphatic hydroxyl groups excluding tert-OH is 1. The average Bonchev–Trinajstić information content (AvgIpc) is 2.97. The first-order valence-corrected chi connectivity index (χ1v) is 7.33. The largest absolute Gasteiger partial charge is 0.396 e. The fraction of sp³-hybridized carbons (Fsp3) is 0.235. The molecular formula is C17H18N2O4. The molecule has 23 heavy (non-hydrogen) atoms. The number of nitro benzene ring substituents is 1. The molecule has 0 saturated carbocycles. The number of aromatic nitrogens is 1. The Kier molecular flexibility index (Phi) is 5.43. The lowest BCUT2D eigenvalue weighted by molar-refractivity contribution is -0.384. The van der Waals surface area contributed by atoms with Crippen LogP contribution in [-0.2, 0) is 6.54 Å². The number of aryl methyl sites for hydroxylation is 1. The number of non-ortho nitro benzene ring substituents is 1. The van der Waals surface area contributed by atoms with Crippen molar-refractivity contribution in [2.45, 2.75) is 19.9 Å². The Labute approximate surface area is 133 Å². The Hall–Kier alpha value is -2.73. The number of aliphatic hydroxyl groups is 1. The lowest BCUT2D eigenvalue weighted by Gasteiger charge is -2.05. The van der Waals surface area contributed by atoms with E-state index < -0.39 is 4.92 Å². The second-order valence-corrected chi connectivity index (χ2v) is 4.99. The highest BCUT2D eigenvalue weighted by atomic mass is 16.6. The van der Waals surface area contributed by atoms with E-state index in [0.29, 0.717) is 24.2 Å². The lowest BCUT2D eigenvalue weighted by atomic mass is 10.1. The summed E-state index contributed by atoms with van der Waals surface area (Å²) in [5.74, 6) is -0.177. The second kappa shape index (κ2) is 7.51. The van der Waals surface area contributed by atoms with Gasteiger partial charge < -0.3 is 9.67 Å². The quantitative estimate of drug-likeness (QED) is 0.483. The third-order valence-electron chi connectivity index (χ3n) is 3.44. The Morgan fingerprint density at radius 1 is 1.35 bits per heavy atom. The molecule has 120 valence electrons. The van der Waals surface area contributed by atoms with Gasteiger partial charge in [-0.15, -0.1) is 0 Å². The van der Waals surface area contributed by atoms with Crippen LogP contribution in [-0.4, -0.2) is 27.0 Å². The van der Waals surface area contributed by atoms with E-state index in [2.05, 4.69) is 0 Å². The average molecular weight is 314 g/mol. The molecule has 6 heteroatoms. The molecule has 1 N–H and O–H groups in total. The van der Waals surface area contributed by atoms with Gasteiger partial charge in [0.05, 0.1) is 10.6 Å². The van der Waals surface area contributed by atoms with Gasteiger partial charge in [0.15, 0.2) is 0 Å². The van der Waals surface area contributed by atoms with E-state index in [1.165, 1.54) is 24.3 Å². The van der Waals surface area contributed by atoms with Crippen molar-refractivity contribution in [2.75, 3.05) is 6.61 Å². The SMILES string of the molecule is CCn1cc(C=CCCO)cc1C(=O)c1ccc([N+](=O)[O-])cc1. The summed E-state index contributed by atoms with van der Waals surface area (Å²) in [5, 5.41) is 19.5. The molecule has 0 radical (unpaired) electrons. The summed E-state index contributed by atoms with van der Waals surface area (Å²) in [7, 11) is 0. The number of carbonyl (C=O) groups is 1. The molecule has 0 bridgehead atoms. The monoisotopic (exact) mass is 314 g/mol. The number of hydrogen-bond donors (Lipinski definition) is 1. The maximum Gasteiger partial charge on any atom is 0.269 e. The van der Waals surface area contributed by atoms with E-state index in [1.807, 2.05) is 29.8 Å². The van der Waals surface area contributed by atoms with Crippen LogP contribution in [0.5, 0.6) is 0 Å². The highest BCUT2D eigenvalue weighted by molar-refractivity contribution is 6.08. The Bertz CT molecular complexity index is 730. The molecule has 0 unspecified atom stereocenters. The third kappa shape index (κ3) is 3.92. The Morgan fingerprint density at radius 2 is 2.04 bits per heavy atom. The molecule has 0 fully saturated rings. The molecule has 1 aromatic heterocycles. The number of nitro groups is 1. The van der Waals surface area contributed by atoms with Crippen molar-refractivity contribution in [1.29, 1.82) is 0 Å². The molecule has 0 aliphatic carbocycles. The van der Waals surface area contributed by atoms with E-state index in [9.17, 15) is 14.9 Å². The first-order chi connectivity index (χ1) is 11.1. The normalized spacial score (nSPS) is 11.0. The zero-order chi connectivity index (χ0) is 16.8. The van der Waals surface area contributed by atoms with Gasteiger partial charge in [-0.2, -0.15) is 0 Å². The molecule has 6 nitrogen and oxygen atoms in total. The predicted octanol–water partition coefficient (Wildman–Crippen LogP) is 3.04. The lowest BCUT2D eigenvalue weighted by Crippen LogP contribution is -2.08. The number of ketones is 1. The fourth-order valence-electron chi connectivity index (χ4n) is 2.25. The van der Waals surface area contributed by atoms with Crippen LogP contribution in [0.2, 0.25) is 0 Å². The van der Waals surface area contributed by atoms with Gasteiger partial charge in [0.1, 0.15) is 0 Å². The molecule has 0 saturated heterocycles. The van der Waals surface area contributed by atoms with Crippen LogP contribution in [0.4, 0.5) is 5.69 Å². The highest BCUT2D eigenvalue weighted by Crippen LogP contribution is 2.18. The van der Waals surface area contributed by atoms with E-state index in [0.717, 1.165) is 5.56 Å². The third-order valence-corrected chi connectivity index (χ3v) is 3.44. The van der Waals surface area contributed by atoms with Gasteiger partial charge in [0, 0.05) is 37.0 Å². The van der Waals surface area contributed by atoms with Gasteiger partial charge in [-0.25, -0.2) is 0 Å². The van der Waals surface area contributed by atoms with E-state index in [-0.39, 0.29) is 18.1 Å². The molecular weight excluding hydrogens is 296 g/mol. The summed E-state index contributed by atoms with van der Waals surface area (Å²) in [6, 6.07) is 7.37. The molecule has 0 aliphatic rings. The number of rotatable bonds is 7. The number of hydrogen-bond acceptors (Lipinski definition) is 4. The standard InChI is InChI=1S/C17H18N2O4/c1-2-18-12-13(5-3-4-10-20)11-16(18)17(21)14-6-8-15(9-7-14)19(22)23/h3,5-9,11-12,20H,2,4,10H2,1H3. The van der Waals surface area contributed by atoms with E-state index in [1.54, 1.807) is 6.07 Å². The van der Waals surface area contributed by atoms with Crippen LogP contribution in [0.25, 0.3) is 6.08 Å². The number of benzene rings is 1. The summed E-state index contributed by atoms with van der Waals surface area (Å²) < 4.78 is 1.84. The van der Waals surface area contributed by atoms with Crippen molar-refractivity contribution in [3.05, 3.63) is 69.5 Å². The molecule has 2 aromatic rings. The maximum absolute atomic E-state index is 12.6. The first kappa shape index (κ1) is 16.6. The number of carbonyl (C=O) groups excluding carboxylic acids is 1. The van der Waals surface area contributed by atoms with Crippen LogP contribution < -0.4 is 0 Å². The summed E-state index contributed by atoms with van der Waals surface area (Å²) in [6.07, 6.45) is 6.12. The molecule has 0 spiro atoms. The molecule has 0 aliphatic heterocycles. The van der Waals surface area contributed by atoms with Crippen molar-refractivity contribution in [2.24, 2.45) is 0 Å². The second-order valence-electron chi connectivity index (χ2n) is 4.99. The molecule has 2 rings (SSSR count). The first-order valence-electron chi connectivity index (χ1n) is 7.33. The minimum atomic E-state index is -0.493. The van der Waals surface area contributed by atoms with Crippen molar-refractivity contribution < 1.29 is 14.8 Å². The topological polar surface area (TPSA) is 85.4 Å². The minimum Gasteiger partial charge on any atom is -0.396 e. The number of nitrogens with zero attached hydrogens (tertiary/aromatic N) is 2. The van der Waals surface area contributed by atoms with Crippen LogP contribution >= 0.6 is 0 Å². The van der Waals surface area contributed by atoms with E-state index in [4.69, 9.17) is 5.11 Å². The molecule has 1 heterocycles. The zero-order valence-electron chi connectivity index (χ0n) is 12.8. The smallest absolute Gasteiger partial charge is 0.269 e. The van der Waals surface area contributed by atoms with Gasteiger partial charge in [-0.3, -0.25) is 14.9 Å². The minimum absolute atomic E-state index is 0.0416. The molecule has 0 amide bonds. The summed E-state index contributed by atoms with van der Waals surface area (Å²) in [6.45, 7) is 2.66. The fourth-order valence-corrected chi connectivity index (χ4v) is 2.25. The van der Waals surface area contributed by atoms with E-state index >= 15 is 0 Å². The van der Waals surface area contributed by atoms with Crippen LogP contribution in [0.15, 0.2) is 42.6 Å². The summed E-state index contributed by atoms with van der Waals surface area (Å²) >= 11 is 0. The van der Waals surface area contributed by atoms with Gasteiger partial charge >= 0.3 is 0 Å². The summed E-state index contributed by atoms with van der Waals surface area (Å²) in [4.78, 5) is 22.8. The van der Waals surface area contributed by atoms with Crippen molar-refractivity contribution in [1.82, 2.24) is 4.57 Å². The van der Waals surface area contributed by atoms with Gasteiger partial charge in [-0.05, 0) is 37.1 Å². The predicted molar refractivity (Wildman–Crippen MR) is 87.4 cm³/mol. The van der Waals surface area contributed by atoms with Crippen molar-refractivity contribution >= 4 is 17.5 Å². The Balaban J connectivity index is 2.29. The maximum atomic E-state index is 12.6. The Morgan fingerprint density at radius 3 is 2.61 bits per heavy atom. The highest BCUT2D eigenvalue weighted by Gasteiger charge is 2.15. The van der Waals surface area contributed by atoms with Crippen molar-refractivity contribution in [3.8, 4) is 0 Å². The van der Waals surface area contributed by atoms with Gasteiger partial charge in [0.25, 0.3) is 5.69 Å². The van der Waals surface area contributed by atoms with Gasteiger partial charge in [-0.1, -0.05) is 12.2 Å². The van der Waals surface area contributed by atoms with Crippen LogP contribution in [0.3, 0.4) is 0 Å². The van der Waals surface area contributed by atoms with Crippen LogP contribution in [0.1, 0.15) is 35.0 Å². The zero-order valence-corrected chi connectivity index (χ0v) is 12.8. The van der Waals surface area contributed by atoms with Crippen molar-refractivity contribution in [3.63, 3.8) is 0 Å². The van der Waals surface area contributed by atoms with Crippen LogP contribution in [0, 0.1) is 10.1 Å². The molecule has 0 atom stereocenters. The molecule has 1 aromatic carbocycles. The van der Waals surface area contributed by atoms with Gasteiger partial charge in [0.2, 0.25) is 5.78 Å².